The Hall–Kier alpha value is -2.13. The third kappa shape index (κ3) is 6.43. The van der Waals surface area contributed by atoms with Crippen LogP contribution in [0.3, 0.4) is 0 Å². The van der Waals surface area contributed by atoms with Gasteiger partial charge in [-0.3, -0.25) is 10.1 Å². The average Bonchev–Trinajstić information content (AvgIpc) is 3.16. The van der Waals surface area contributed by atoms with Crippen LogP contribution in [-0.2, 0) is 11.2 Å². The van der Waals surface area contributed by atoms with Crippen molar-refractivity contribution in [3.63, 3.8) is 0 Å². The Morgan fingerprint density at radius 2 is 2.03 bits per heavy atom. The summed E-state index contributed by atoms with van der Waals surface area (Å²) >= 11 is 2.43. The third-order valence-corrected chi connectivity index (χ3v) is 7.40. The summed E-state index contributed by atoms with van der Waals surface area (Å²) in [4.78, 5) is 29.8. The standard InChI is InChI=1S/C21H26FN3O3S2/c1-14-6-8-16(9-7-14)25(11-10-15-4-2-3-5-17(15)22)21(28)24-20-23-12-19(30-20)29-13-18(26)27/h2-5,12,14,16H,6-11,13H2,1H3,(H,26,27)(H,23,24,28). The van der Waals surface area contributed by atoms with E-state index in [9.17, 15) is 14.0 Å². The summed E-state index contributed by atoms with van der Waals surface area (Å²) in [5.41, 5.74) is 0.598. The van der Waals surface area contributed by atoms with Crippen LogP contribution in [0.2, 0.25) is 0 Å². The number of benzene rings is 1. The van der Waals surface area contributed by atoms with E-state index in [1.807, 2.05) is 4.90 Å². The molecule has 0 unspecified atom stereocenters. The third-order valence-electron chi connectivity index (χ3n) is 5.30. The number of thioether (sulfide) groups is 1. The lowest BCUT2D eigenvalue weighted by molar-refractivity contribution is -0.133. The Labute approximate surface area is 183 Å². The van der Waals surface area contributed by atoms with Gasteiger partial charge in [0.25, 0.3) is 0 Å². The van der Waals surface area contributed by atoms with Gasteiger partial charge in [0, 0.05) is 12.6 Å². The molecule has 0 bridgehead atoms. The second-order valence-corrected chi connectivity index (χ2v) is 9.85. The van der Waals surface area contributed by atoms with Gasteiger partial charge in [0.2, 0.25) is 0 Å². The maximum atomic E-state index is 14.0. The van der Waals surface area contributed by atoms with Gasteiger partial charge < -0.3 is 10.0 Å². The zero-order valence-electron chi connectivity index (χ0n) is 16.8. The monoisotopic (exact) mass is 451 g/mol. The number of anilines is 1. The number of hydrogen-bond donors (Lipinski definition) is 2. The summed E-state index contributed by atoms with van der Waals surface area (Å²) in [6.45, 7) is 2.66. The summed E-state index contributed by atoms with van der Waals surface area (Å²) < 4.78 is 14.8. The normalized spacial score (nSPS) is 18.7. The smallest absolute Gasteiger partial charge is 0.323 e. The number of urea groups is 1. The van der Waals surface area contributed by atoms with E-state index in [0.29, 0.717) is 29.6 Å². The van der Waals surface area contributed by atoms with Gasteiger partial charge in [-0.25, -0.2) is 14.2 Å². The maximum Gasteiger partial charge on any atom is 0.323 e. The molecule has 1 heterocycles. The zero-order valence-corrected chi connectivity index (χ0v) is 18.5. The lowest BCUT2D eigenvalue weighted by Gasteiger charge is -2.36. The minimum Gasteiger partial charge on any atom is -0.481 e. The number of aliphatic carboxylic acids is 1. The van der Waals surface area contributed by atoms with Crippen molar-refractivity contribution in [3.05, 3.63) is 41.8 Å². The van der Waals surface area contributed by atoms with Crippen LogP contribution in [0, 0.1) is 11.7 Å². The van der Waals surface area contributed by atoms with E-state index >= 15 is 0 Å². The van der Waals surface area contributed by atoms with Gasteiger partial charge in [-0.05, 0) is 49.7 Å². The van der Waals surface area contributed by atoms with Crippen molar-refractivity contribution in [2.45, 2.75) is 49.3 Å². The summed E-state index contributed by atoms with van der Waals surface area (Å²) in [6.07, 6.45) is 6.03. The first-order valence-electron chi connectivity index (χ1n) is 10.0. The van der Waals surface area contributed by atoms with Crippen molar-refractivity contribution in [2.75, 3.05) is 17.6 Å². The molecule has 1 aliphatic carbocycles. The van der Waals surface area contributed by atoms with Gasteiger partial charge in [0.1, 0.15) is 5.82 Å². The highest BCUT2D eigenvalue weighted by molar-refractivity contribution is 8.01. The Morgan fingerprint density at radius 1 is 1.30 bits per heavy atom. The zero-order chi connectivity index (χ0) is 21.5. The number of nitrogens with one attached hydrogen (secondary N) is 1. The van der Waals surface area contributed by atoms with Crippen LogP contribution in [0.5, 0.6) is 0 Å². The molecular weight excluding hydrogens is 425 g/mol. The largest absolute Gasteiger partial charge is 0.481 e. The van der Waals surface area contributed by atoms with Crippen LogP contribution in [0.4, 0.5) is 14.3 Å². The summed E-state index contributed by atoms with van der Waals surface area (Å²) in [5, 5.41) is 12.1. The van der Waals surface area contributed by atoms with Crippen molar-refractivity contribution in [1.29, 1.82) is 0 Å². The van der Waals surface area contributed by atoms with E-state index in [4.69, 9.17) is 5.11 Å². The molecule has 2 amide bonds. The molecule has 0 spiro atoms. The molecule has 1 aliphatic rings. The highest BCUT2D eigenvalue weighted by Crippen LogP contribution is 2.30. The Kier molecular flexibility index (Phi) is 8.09. The van der Waals surface area contributed by atoms with E-state index in [1.54, 1.807) is 24.4 Å². The van der Waals surface area contributed by atoms with Crippen molar-refractivity contribution in [2.24, 2.45) is 5.92 Å². The molecule has 9 heteroatoms. The SMILES string of the molecule is CC1CCC(N(CCc2ccccc2F)C(=O)Nc2ncc(SCC(=O)O)s2)CC1. The van der Waals surface area contributed by atoms with Gasteiger partial charge >= 0.3 is 12.0 Å². The highest BCUT2D eigenvalue weighted by Gasteiger charge is 2.28. The molecule has 3 rings (SSSR count). The van der Waals surface area contributed by atoms with Gasteiger partial charge in [-0.15, -0.1) is 11.8 Å². The Balaban J connectivity index is 1.66. The molecule has 30 heavy (non-hydrogen) atoms. The topological polar surface area (TPSA) is 82.5 Å². The molecule has 2 aromatic rings. The lowest BCUT2D eigenvalue weighted by atomic mass is 9.86. The molecule has 0 radical (unpaired) electrons. The molecule has 0 aliphatic heterocycles. The number of nitrogens with zero attached hydrogens (tertiary/aromatic N) is 2. The minimum absolute atomic E-state index is 0.0510. The molecule has 1 fully saturated rings. The Bertz CT molecular complexity index is 869. The number of carboxylic acid groups (broad SMARTS) is 1. The minimum atomic E-state index is -0.898. The number of amides is 2. The van der Waals surface area contributed by atoms with Gasteiger partial charge in [0.15, 0.2) is 5.13 Å². The van der Waals surface area contributed by atoms with Crippen LogP contribution >= 0.6 is 23.1 Å². The second-order valence-electron chi connectivity index (χ2n) is 7.55. The number of aromatic nitrogens is 1. The number of hydrogen-bond acceptors (Lipinski definition) is 5. The van der Waals surface area contributed by atoms with Gasteiger partial charge in [-0.1, -0.05) is 36.5 Å². The van der Waals surface area contributed by atoms with Crippen molar-refractivity contribution < 1.29 is 19.1 Å². The fraction of sp³-hybridized carbons (Fsp3) is 0.476. The fourth-order valence-electron chi connectivity index (χ4n) is 3.63. The van der Waals surface area contributed by atoms with E-state index in [0.717, 1.165) is 29.9 Å². The van der Waals surface area contributed by atoms with Crippen molar-refractivity contribution in [1.82, 2.24) is 9.88 Å². The molecule has 1 saturated carbocycles. The first-order chi connectivity index (χ1) is 14.4. The lowest BCUT2D eigenvalue weighted by Crippen LogP contribution is -2.45. The Morgan fingerprint density at radius 3 is 2.73 bits per heavy atom. The predicted molar refractivity (Wildman–Crippen MR) is 118 cm³/mol. The summed E-state index contributed by atoms with van der Waals surface area (Å²) in [6, 6.07) is 6.53. The first kappa shape index (κ1) is 22.6. The van der Waals surface area contributed by atoms with E-state index in [-0.39, 0.29) is 23.6 Å². The number of thiazole rings is 1. The quantitative estimate of drug-likeness (QED) is 0.545. The van der Waals surface area contributed by atoms with E-state index in [2.05, 4.69) is 17.2 Å². The number of carbonyl (C=O) groups excluding carboxylic acids is 1. The average molecular weight is 452 g/mol. The number of halogens is 1. The fourth-order valence-corrected chi connectivity index (χ4v) is 5.21. The molecule has 0 saturated heterocycles. The van der Waals surface area contributed by atoms with E-state index in [1.165, 1.54) is 29.2 Å². The summed E-state index contributed by atoms with van der Waals surface area (Å²) in [7, 11) is 0. The van der Waals surface area contributed by atoms with Gasteiger partial charge in [-0.2, -0.15) is 0 Å². The van der Waals surface area contributed by atoms with Crippen LogP contribution in [0.1, 0.15) is 38.2 Å². The molecule has 0 atom stereocenters. The van der Waals surface area contributed by atoms with E-state index < -0.39 is 5.97 Å². The molecular formula is C21H26FN3O3S2. The number of rotatable bonds is 8. The number of carboxylic acids is 1. The number of carbonyl (C=O) groups is 2. The van der Waals surface area contributed by atoms with Crippen LogP contribution in [-0.4, -0.2) is 45.3 Å². The molecule has 1 aromatic heterocycles. The van der Waals surface area contributed by atoms with Crippen LogP contribution in [0.15, 0.2) is 34.7 Å². The molecule has 162 valence electrons. The maximum absolute atomic E-state index is 14.0. The first-order valence-corrected chi connectivity index (χ1v) is 11.8. The second kappa shape index (κ2) is 10.8. The molecule has 2 N–H and O–H groups in total. The van der Waals surface area contributed by atoms with Crippen molar-refractivity contribution in [3.8, 4) is 0 Å². The van der Waals surface area contributed by atoms with Gasteiger partial charge in [0.05, 0.1) is 16.2 Å². The molecule has 6 nitrogen and oxygen atoms in total. The predicted octanol–water partition coefficient (Wildman–Crippen LogP) is 5.11. The molecule has 1 aromatic carbocycles. The van der Waals surface area contributed by atoms with Crippen molar-refractivity contribution >= 4 is 40.2 Å². The summed E-state index contributed by atoms with van der Waals surface area (Å²) in [5.74, 6) is -0.546. The van der Waals surface area contributed by atoms with Crippen LogP contribution < -0.4 is 5.32 Å². The highest BCUT2D eigenvalue weighted by atomic mass is 32.2. The van der Waals surface area contributed by atoms with Crippen LogP contribution in [0.25, 0.3) is 0 Å².